The average molecular weight is 314 g/mol. The Bertz CT molecular complexity index is 770. The van der Waals surface area contributed by atoms with Crippen LogP contribution < -0.4 is 5.73 Å². The Morgan fingerprint density at radius 2 is 2.13 bits per heavy atom. The standard InChI is InChI=1S/C17H22N4O2/c1-17(2,3)23-16(22)20-8-6-12(7-9-20)13-4-5-14-10-15(18)19-21(14)11-13/h4-6,10-11H,7-9H2,1-3H3,(H2,18,19). The molecule has 1 aliphatic rings. The van der Waals surface area contributed by atoms with Crippen LogP contribution in [0, 0.1) is 0 Å². The number of nitrogens with two attached hydrogens (primary N) is 1. The number of hydrogen-bond acceptors (Lipinski definition) is 4. The summed E-state index contributed by atoms with van der Waals surface area (Å²) in [6.07, 6.45) is 4.58. The number of carbonyl (C=O) groups excluding carboxylic acids is 1. The molecule has 0 radical (unpaired) electrons. The minimum Gasteiger partial charge on any atom is -0.444 e. The van der Waals surface area contributed by atoms with Gasteiger partial charge in [0.2, 0.25) is 0 Å². The lowest BCUT2D eigenvalue weighted by atomic mass is 10.0. The molecule has 0 spiro atoms. The Labute approximate surface area is 135 Å². The molecule has 1 amide bonds. The summed E-state index contributed by atoms with van der Waals surface area (Å²) in [5.74, 6) is 0.510. The van der Waals surface area contributed by atoms with E-state index < -0.39 is 5.60 Å². The van der Waals surface area contributed by atoms with E-state index in [1.54, 1.807) is 9.42 Å². The summed E-state index contributed by atoms with van der Waals surface area (Å²) in [5.41, 5.74) is 8.53. The minimum absolute atomic E-state index is 0.261. The molecule has 2 aromatic heterocycles. The Morgan fingerprint density at radius 1 is 1.35 bits per heavy atom. The van der Waals surface area contributed by atoms with Crippen LogP contribution in [-0.2, 0) is 4.74 Å². The van der Waals surface area contributed by atoms with Gasteiger partial charge in [0.25, 0.3) is 0 Å². The highest BCUT2D eigenvalue weighted by Crippen LogP contribution is 2.24. The van der Waals surface area contributed by atoms with Crippen LogP contribution in [-0.4, -0.2) is 39.3 Å². The zero-order chi connectivity index (χ0) is 16.6. The fourth-order valence-electron chi connectivity index (χ4n) is 2.62. The zero-order valence-corrected chi connectivity index (χ0v) is 13.7. The fraction of sp³-hybridized carbons (Fsp3) is 0.412. The van der Waals surface area contributed by atoms with E-state index in [0.29, 0.717) is 18.9 Å². The fourth-order valence-corrected chi connectivity index (χ4v) is 2.62. The van der Waals surface area contributed by atoms with E-state index >= 15 is 0 Å². The number of amides is 1. The number of fused-ring (bicyclic) bond motifs is 1. The second-order valence-corrected chi connectivity index (χ2v) is 6.76. The van der Waals surface area contributed by atoms with Crippen molar-refractivity contribution < 1.29 is 9.53 Å². The first kappa shape index (κ1) is 15.4. The maximum Gasteiger partial charge on any atom is 0.410 e. The van der Waals surface area contributed by atoms with Crippen LogP contribution in [0.3, 0.4) is 0 Å². The number of aromatic nitrogens is 2. The van der Waals surface area contributed by atoms with Gasteiger partial charge in [-0.3, -0.25) is 0 Å². The molecule has 0 aliphatic carbocycles. The van der Waals surface area contributed by atoms with Gasteiger partial charge in [-0.15, -0.1) is 0 Å². The first-order valence-electron chi connectivity index (χ1n) is 7.74. The Kier molecular flexibility index (Phi) is 3.75. The van der Waals surface area contributed by atoms with E-state index in [9.17, 15) is 4.79 Å². The number of nitrogen functional groups attached to an aromatic ring is 1. The predicted octanol–water partition coefficient (Wildman–Crippen LogP) is 2.94. The first-order valence-corrected chi connectivity index (χ1v) is 7.74. The molecule has 0 aromatic carbocycles. The van der Waals surface area contributed by atoms with Gasteiger partial charge in [-0.05, 0) is 44.4 Å². The molecule has 2 N–H and O–H groups in total. The third-order valence-corrected chi connectivity index (χ3v) is 3.71. The van der Waals surface area contributed by atoms with Crippen molar-refractivity contribution in [3.8, 4) is 0 Å². The topological polar surface area (TPSA) is 72.9 Å². The minimum atomic E-state index is -0.466. The van der Waals surface area contributed by atoms with E-state index in [-0.39, 0.29) is 6.09 Å². The number of nitrogens with zero attached hydrogens (tertiary/aromatic N) is 3. The predicted molar refractivity (Wildman–Crippen MR) is 90.0 cm³/mol. The van der Waals surface area contributed by atoms with Crippen molar-refractivity contribution in [2.45, 2.75) is 32.8 Å². The number of hydrogen-bond donors (Lipinski definition) is 1. The van der Waals surface area contributed by atoms with Crippen LogP contribution in [0.4, 0.5) is 10.6 Å². The molecule has 0 saturated heterocycles. The highest BCUT2D eigenvalue weighted by atomic mass is 16.6. The molecular formula is C17H22N4O2. The first-order chi connectivity index (χ1) is 10.8. The van der Waals surface area contributed by atoms with Gasteiger partial charge in [-0.1, -0.05) is 12.1 Å². The molecule has 3 heterocycles. The van der Waals surface area contributed by atoms with Crippen LogP contribution in [0.15, 0.2) is 30.5 Å². The van der Waals surface area contributed by atoms with Crippen molar-refractivity contribution in [1.82, 2.24) is 14.5 Å². The molecule has 6 heteroatoms. The van der Waals surface area contributed by atoms with E-state index in [1.807, 2.05) is 39.1 Å². The lowest BCUT2D eigenvalue weighted by molar-refractivity contribution is 0.0270. The highest BCUT2D eigenvalue weighted by molar-refractivity contribution is 5.73. The Balaban J connectivity index is 1.73. The molecule has 0 fully saturated rings. The van der Waals surface area contributed by atoms with Gasteiger partial charge < -0.3 is 15.4 Å². The maximum absolute atomic E-state index is 12.1. The Hall–Kier alpha value is -2.50. The number of pyridine rings is 1. The van der Waals surface area contributed by atoms with E-state index in [4.69, 9.17) is 10.5 Å². The third-order valence-electron chi connectivity index (χ3n) is 3.71. The van der Waals surface area contributed by atoms with Crippen LogP contribution in [0.2, 0.25) is 0 Å². The van der Waals surface area contributed by atoms with Crippen LogP contribution in [0.1, 0.15) is 32.8 Å². The van der Waals surface area contributed by atoms with Gasteiger partial charge in [-0.2, -0.15) is 5.10 Å². The summed E-state index contributed by atoms with van der Waals surface area (Å²) in [6.45, 7) is 6.84. The summed E-state index contributed by atoms with van der Waals surface area (Å²) >= 11 is 0. The summed E-state index contributed by atoms with van der Waals surface area (Å²) in [7, 11) is 0. The summed E-state index contributed by atoms with van der Waals surface area (Å²) in [6, 6.07) is 5.90. The van der Waals surface area contributed by atoms with Gasteiger partial charge in [0.1, 0.15) is 11.4 Å². The average Bonchev–Trinajstić information content (AvgIpc) is 2.84. The van der Waals surface area contributed by atoms with Crippen molar-refractivity contribution in [3.63, 3.8) is 0 Å². The van der Waals surface area contributed by atoms with E-state index in [1.165, 1.54) is 5.57 Å². The van der Waals surface area contributed by atoms with E-state index in [0.717, 1.165) is 17.5 Å². The van der Waals surface area contributed by atoms with Gasteiger partial charge in [0, 0.05) is 25.4 Å². The van der Waals surface area contributed by atoms with E-state index in [2.05, 4.69) is 17.2 Å². The smallest absolute Gasteiger partial charge is 0.410 e. The molecule has 3 rings (SSSR count). The molecule has 2 aromatic rings. The molecule has 122 valence electrons. The van der Waals surface area contributed by atoms with Crippen molar-refractivity contribution in [1.29, 1.82) is 0 Å². The van der Waals surface area contributed by atoms with Crippen LogP contribution in [0.25, 0.3) is 11.1 Å². The number of ether oxygens (including phenoxy) is 1. The van der Waals surface area contributed by atoms with Gasteiger partial charge in [-0.25, -0.2) is 9.31 Å². The number of anilines is 1. The summed E-state index contributed by atoms with van der Waals surface area (Å²) in [5, 5.41) is 4.23. The molecule has 0 bridgehead atoms. The molecule has 0 unspecified atom stereocenters. The molecule has 1 aliphatic heterocycles. The maximum atomic E-state index is 12.1. The second-order valence-electron chi connectivity index (χ2n) is 6.76. The third kappa shape index (κ3) is 3.47. The molecule has 0 atom stereocenters. The number of rotatable bonds is 1. The quantitative estimate of drug-likeness (QED) is 0.878. The molecule has 0 saturated carbocycles. The zero-order valence-electron chi connectivity index (χ0n) is 13.7. The van der Waals surface area contributed by atoms with Crippen LogP contribution >= 0.6 is 0 Å². The van der Waals surface area contributed by atoms with Crippen LogP contribution in [0.5, 0.6) is 0 Å². The molecular weight excluding hydrogens is 292 g/mol. The summed E-state index contributed by atoms with van der Waals surface area (Å²) in [4.78, 5) is 13.8. The highest BCUT2D eigenvalue weighted by Gasteiger charge is 2.23. The summed E-state index contributed by atoms with van der Waals surface area (Å²) < 4.78 is 7.19. The van der Waals surface area contributed by atoms with Gasteiger partial charge >= 0.3 is 6.09 Å². The monoisotopic (exact) mass is 314 g/mol. The largest absolute Gasteiger partial charge is 0.444 e. The lowest BCUT2D eigenvalue weighted by Crippen LogP contribution is -2.39. The van der Waals surface area contributed by atoms with Crippen molar-refractivity contribution in [2.75, 3.05) is 18.8 Å². The normalized spacial score (nSPS) is 15.6. The van der Waals surface area contributed by atoms with Crippen molar-refractivity contribution in [2.24, 2.45) is 0 Å². The molecule has 6 nitrogen and oxygen atoms in total. The Morgan fingerprint density at radius 3 is 2.78 bits per heavy atom. The van der Waals surface area contributed by atoms with Gasteiger partial charge in [0.15, 0.2) is 0 Å². The lowest BCUT2D eigenvalue weighted by Gasteiger charge is -2.29. The number of carbonyl (C=O) groups is 1. The van der Waals surface area contributed by atoms with Gasteiger partial charge in [0.05, 0.1) is 5.52 Å². The second kappa shape index (κ2) is 5.61. The van der Waals surface area contributed by atoms with Crippen molar-refractivity contribution in [3.05, 3.63) is 36.0 Å². The SMILES string of the molecule is CC(C)(C)OC(=O)N1CC=C(c2ccc3cc(N)nn3c2)CC1. The molecule has 23 heavy (non-hydrogen) atoms. The van der Waals surface area contributed by atoms with Crippen molar-refractivity contribution >= 4 is 23.0 Å².